The largest absolute Gasteiger partial charge is 0.322 e. The highest BCUT2D eigenvalue weighted by Crippen LogP contribution is 2.19. The molecule has 2 N–H and O–H groups in total. The molecule has 3 rings (SSSR count). The maximum Gasteiger partial charge on any atom is 0.252 e. The molecule has 0 saturated carbocycles. The maximum absolute atomic E-state index is 12.3. The Morgan fingerprint density at radius 1 is 1.08 bits per heavy atom. The summed E-state index contributed by atoms with van der Waals surface area (Å²) < 4.78 is 27.1. The van der Waals surface area contributed by atoms with Crippen LogP contribution in [0.2, 0.25) is 5.02 Å². The van der Waals surface area contributed by atoms with E-state index >= 15 is 0 Å². The summed E-state index contributed by atoms with van der Waals surface area (Å²) in [7, 11) is -3.72. The Kier molecular flexibility index (Phi) is 4.69. The smallest absolute Gasteiger partial charge is 0.252 e. The number of nitrogens with one attached hydrogen (secondary N) is 2. The zero-order valence-electron chi connectivity index (χ0n) is 13.8. The minimum absolute atomic E-state index is 0.0937. The first-order chi connectivity index (χ1) is 11.8. The molecule has 5 nitrogen and oxygen atoms in total. The van der Waals surface area contributed by atoms with Crippen molar-refractivity contribution in [2.75, 3.05) is 0 Å². The first kappa shape index (κ1) is 17.7. The van der Waals surface area contributed by atoms with Crippen molar-refractivity contribution < 1.29 is 8.42 Å². The van der Waals surface area contributed by atoms with Crippen molar-refractivity contribution in [1.82, 2.24) is 9.71 Å². The molecule has 0 radical (unpaired) electrons. The maximum atomic E-state index is 12.3. The predicted molar refractivity (Wildman–Crippen MR) is 99.5 cm³/mol. The fraction of sp³-hybridized carbons (Fsp3) is 0.167. The summed E-state index contributed by atoms with van der Waals surface area (Å²) in [5.41, 5.74) is 2.87. The molecule has 0 amide bonds. The Balaban J connectivity index is 1.92. The third-order valence-electron chi connectivity index (χ3n) is 3.97. The summed E-state index contributed by atoms with van der Waals surface area (Å²) in [4.78, 5) is 15.2. The van der Waals surface area contributed by atoms with E-state index in [4.69, 9.17) is 11.6 Å². The van der Waals surface area contributed by atoms with Gasteiger partial charge in [-0.05, 0) is 61.4 Å². The summed E-state index contributed by atoms with van der Waals surface area (Å²) in [6, 6.07) is 11.5. The molecule has 130 valence electrons. The van der Waals surface area contributed by atoms with Gasteiger partial charge in [-0.2, -0.15) is 0 Å². The average molecular weight is 377 g/mol. The molecule has 0 atom stereocenters. The van der Waals surface area contributed by atoms with Gasteiger partial charge in [0.1, 0.15) is 0 Å². The Bertz CT molecular complexity index is 1100. The lowest BCUT2D eigenvalue weighted by molar-refractivity contribution is 0.581. The van der Waals surface area contributed by atoms with Gasteiger partial charge < -0.3 is 4.98 Å². The highest BCUT2D eigenvalue weighted by atomic mass is 35.5. The van der Waals surface area contributed by atoms with Gasteiger partial charge in [0.2, 0.25) is 10.0 Å². The molecule has 7 heteroatoms. The Hall–Kier alpha value is -2.15. The molecule has 0 saturated heterocycles. The number of H-pyrrole nitrogens is 1. The molecule has 1 aromatic heterocycles. The minimum Gasteiger partial charge on any atom is -0.322 e. The molecule has 2 aromatic carbocycles. The highest BCUT2D eigenvalue weighted by Gasteiger charge is 2.15. The van der Waals surface area contributed by atoms with E-state index in [1.807, 2.05) is 26.0 Å². The van der Waals surface area contributed by atoms with Crippen LogP contribution in [0.25, 0.3) is 10.9 Å². The van der Waals surface area contributed by atoms with Crippen molar-refractivity contribution in [1.29, 1.82) is 0 Å². The Morgan fingerprint density at radius 2 is 1.76 bits per heavy atom. The van der Waals surface area contributed by atoms with Gasteiger partial charge in [0.15, 0.2) is 0 Å². The van der Waals surface area contributed by atoms with E-state index in [1.54, 1.807) is 6.07 Å². The molecule has 0 spiro atoms. The van der Waals surface area contributed by atoms with Crippen molar-refractivity contribution in [2.45, 2.75) is 25.3 Å². The number of sulfonamides is 1. The summed E-state index contributed by atoms with van der Waals surface area (Å²) in [5.74, 6) is 0. The normalized spacial score (nSPS) is 11.8. The Morgan fingerprint density at radius 3 is 2.44 bits per heavy atom. The zero-order chi connectivity index (χ0) is 18.2. The second kappa shape index (κ2) is 6.63. The van der Waals surface area contributed by atoms with E-state index in [2.05, 4.69) is 9.71 Å². The topological polar surface area (TPSA) is 79.0 Å². The lowest BCUT2D eigenvalue weighted by Crippen LogP contribution is -2.27. The standard InChI is InChI=1S/C18H17ClN2O3S/c1-11-7-12(2)16-9-13(18(22)21-17(16)8-11)10-20-25(23,24)15-5-3-14(19)4-6-15/h3-9,20H,10H2,1-2H3,(H,21,22). The van der Waals surface area contributed by atoms with Crippen LogP contribution in [-0.4, -0.2) is 13.4 Å². The SMILES string of the molecule is Cc1cc(C)c2cc(CNS(=O)(=O)c3ccc(Cl)cc3)c(=O)[nH]c2c1. The molecule has 0 aliphatic carbocycles. The number of fused-ring (bicyclic) bond motifs is 1. The van der Waals surface area contributed by atoms with E-state index in [0.717, 1.165) is 22.0 Å². The Labute approximate surface area is 150 Å². The third-order valence-corrected chi connectivity index (χ3v) is 5.64. The van der Waals surface area contributed by atoms with Crippen LogP contribution in [0.15, 0.2) is 52.2 Å². The highest BCUT2D eigenvalue weighted by molar-refractivity contribution is 7.89. The molecule has 0 aliphatic heterocycles. The second-order valence-electron chi connectivity index (χ2n) is 5.95. The van der Waals surface area contributed by atoms with Crippen molar-refractivity contribution in [3.8, 4) is 0 Å². The number of pyridine rings is 1. The lowest BCUT2D eigenvalue weighted by Gasteiger charge is -2.09. The molecule has 0 aliphatic rings. The van der Waals surface area contributed by atoms with E-state index in [9.17, 15) is 13.2 Å². The molecule has 0 unspecified atom stereocenters. The number of aromatic nitrogens is 1. The van der Waals surface area contributed by atoms with E-state index in [-0.39, 0.29) is 17.0 Å². The molecular weight excluding hydrogens is 360 g/mol. The zero-order valence-corrected chi connectivity index (χ0v) is 15.3. The summed E-state index contributed by atoms with van der Waals surface area (Å²) in [6.07, 6.45) is 0. The van der Waals surface area contributed by atoms with Crippen LogP contribution in [-0.2, 0) is 16.6 Å². The number of halogens is 1. The van der Waals surface area contributed by atoms with Crippen molar-refractivity contribution in [3.05, 3.63) is 74.5 Å². The molecule has 0 fully saturated rings. The molecular formula is C18H17ClN2O3S. The fourth-order valence-corrected chi connectivity index (χ4v) is 3.85. The van der Waals surface area contributed by atoms with E-state index in [1.165, 1.54) is 24.3 Å². The summed E-state index contributed by atoms with van der Waals surface area (Å²) in [6.45, 7) is 3.82. The van der Waals surface area contributed by atoms with Crippen LogP contribution in [0, 0.1) is 13.8 Å². The van der Waals surface area contributed by atoms with Gasteiger partial charge in [-0.1, -0.05) is 17.7 Å². The molecule has 3 aromatic rings. The minimum atomic E-state index is -3.72. The monoisotopic (exact) mass is 376 g/mol. The van der Waals surface area contributed by atoms with Gasteiger partial charge in [0.25, 0.3) is 5.56 Å². The van der Waals surface area contributed by atoms with Crippen molar-refractivity contribution >= 4 is 32.5 Å². The number of hydrogen-bond donors (Lipinski definition) is 2. The second-order valence-corrected chi connectivity index (χ2v) is 8.15. The van der Waals surface area contributed by atoms with Gasteiger partial charge in [0, 0.05) is 28.0 Å². The van der Waals surface area contributed by atoms with Crippen LogP contribution < -0.4 is 10.3 Å². The van der Waals surface area contributed by atoms with Crippen LogP contribution in [0.4, 0.5) is 0 Å². The first-order valence-electron chi connectivity index (χ1n) is 7.65. The number of hydrogen-bond acceptors (Lipinski definition) is 3. The molecule has 0 bridgehead atoms. The van der Waals surface area contributed by atoms with Crippen LogP contribution in [0.3, 0.4) is 0 Å². The summed E-state index contributed by atoms with van der Waals surface area (Å²) >= 11 is 5.78. The van der Waals surface area contributed by atoms with Crippen molar-refractivity contribution in [3.63, 3.8) is 0 Å². The van der Waals surface area contributed by atoms with Gasteiger partial charge in [-0.3, -0.25) is 4.79 Å². The first-order valence-corrected chi connectivity index (χ1v) is 9.51. The number of aromatic amines is 1. The number of rotatable bonds is 4. The van der Waals surface area contributed by atoms with Gasteiger partial charge in [-0.15, -0.1) is 0 Å². The van der Waals surface area contributed by atoms with Crippen LogP contribution >= 0.6 is 11.6 Å². The van der Waals surface area contributed by atoms with Gasteiger partial charge >= 0.3 is 0 Å². The number of aryl methyl sites for hydroxylation is 2. The summed E-state index contributed by atoms with van der Waals surface area (Å²) in [5, 5.41) is 1.35. The molecule has 1 heterocycles. The van der Waals surface area contributed by atoms with Crippen LogP contribution in [0.1, 0.15) is 16.7 Å². The quantitative estimate of drug-likeness (QED) is 0.733. The third kappa shape index (κ3) is 3.76. The average Bonchev–Trinajstić information content (AvgIpc) is 2.53. The van der Waals surface area contributed by atoms with Gasteiger partial charge in [-0.25, -0.2) is 13.1 Å². The fourth-order valence-electron chi connectivity index (χ4n) is 2.72. The van der Waals surface area contributed by atoms with E-state index < -0.39 is 10.0 Å². The lowest BCUT2D eigenvalue weighted by atomic mass is 10.0. The predicted octanol–water partition coefficient (Wildman–Crippen LogP) is 3.28. The number of benzene rings is 2. The van der Waals surface area contributed by atoms with Crippen LogP contribution in [0.5, 0.6) is 0 Å². The van der Waals surface area contributed by atoms with Gasteiger partial charge in [0.05, 0.1) is 4.90 Å². The van der Waals surface area contributed by atoms with E-state index in [0.29, 0.717) is 10.6 Å². The van der Waals surface area contributed by atoms with Crippen molar-refractivity contribution in [2.24, 2.45) is 0 Å². The molecule has 25 heavy (non-hydrogen) atoms.